The molecule has 0 saturated carbocycles. The van der Waals surface area contributed by atoms with Crippen molar-refractivity contribution in [3.05, 3.63) is 47.0 Å². The van der Waals surface area contributed by atoms with Crippen LogP contribution < -0.4 is 0 Å². The number of benzene rings is 1. The molecule has 1 heteroatoms. The Hall–Kier alpha value is -0.560. The number of hydrogen-bond donors (Lipinski definition) is 0. The monoisotopic (exact) mass is 224 g/mol. The van der Waals surface area contributed by atoms with Crippen LogP contribution in [0.4, 0.5) is 0 Å². The SMILES string of the molecule is C=CCCCc1ccc(Br)cc1. The fraction of sp³-hybridized carbons (Fsp3) is 0.273. The van der Waals surface area contributed by atoms with E-state index in [2.05, 4.69) is 46.8 Å². The maximum Gasteiger partial charge on any atom is 0.0175 e. The van der Waals surface area contributed by atoms with E-state index in [4.69, 9.17) is 0 Å². The van der Waals surface area contributed by atoms with E-state index >= 15 is 0 Å². The summed E-state index contributed by atoms with van der Waals surface area (Å²) in [6, 6.07) is 8.49. The number of hydrogen-bond acceptors (Lipinski definition) is 0. The first-order valence-electron chi connectivity index (χ1n) is 4.18. The summed E-state index contributed by atoms with van der Waals surface area (Å²) in [6.07, 6.45) is 5.43. The normalized spacial score (nSPS) is 9.75. The second-order valence-electron chi connectivity index (χ2n) is 2.81. The van der Waals surface area contributed by atoms with Gasteiger partial charge in [-0.1, -0.05) is 34.1 Å². The molecule has 0 heterocycles. The van der Waals surface area contributed by atoms with Gasteiger partial charge >= 0.3 is 0 Å². The number of halogens is 1. The highest BCUT2D eigenvalue weighted by atomic mass is 79.9. The molecule has 0 saturated heterocycles. The van der Waals surface area contributed by atoms with Gasteiger partial charge in [-0.3, -0.25) is 0 Å². The number of allylic oxidation sites excluding steroid dienone is 1. The fourth-order valence-corrected chi connectivity index (χ4v) is 1.37. The van der Waals surface area contributed by atoms with Crippen molar-refractivity contribution in [2.24, 2.45) is 0 Å². The first-order chi connectivity index (χ1) is 5.83. The number of aryl methyl sites for hydroxylation is 1. The summed E-state index contributed by atoms with van der Waals surface area (Å²) in [5.41, 5.74) is 1.40. The largest absolute Gasteiger partial charge is 0.103 e. The zero-order valence-electron chi connectivity index (χ0n) is 7.09. The third-order valence-corrected chi connectivity index (χ3v) is 2.32. The summed E-state index contributed by atoms with van der Waals surface area (Å²) in [7, 11) is 0. The van der Waals surface area contributed by atoms with Crippen LogP contribution in [0, 0.1) is 0 Å². The minimum atomic E-state index is 1.11. The van der Waals surface area contributed by atoms with Crippen LogP contribution in [0.5, 0.6) is 0 Å². The Morgan fingerprint density at radius 2 is 1.92 bits per heavy atom. The van der Waals surface area contributed by atoms with Crippen molar-refractivity contribution >= 4 is 15.9 Å². The lowest BCUT2D eigenvalue weighted by atomic mass is 10.1. The van der Waals surface area contributed by atoms with Gasteiger partial charge < -0.3 is 0 Å². The van der Waals surface area contributed by atoms with Crippen molar-refractivity contribution in [1.29, 1.82) is 0 Å². The molecule has 0 atom stereocenters. The van der Waals surface area contributed by atoms with Gasteiger partial charge in [0, 0.05) is 4.47 Å². The summed E-state index contributed by atoms with van der Waals surface area (Å²) in [4.78, 5) is 0. The van der Waals surface area contributed by atoms with E-state index in [0.717, 1.165) is 17.3 Å². The Balaban J connectivity index is 2.42. The summed E-state index contributed by atoms with van der Waals surface area (Å²) in [5, 5.41) is 0. The average Bonchev–Trinajstić information content (AvgIpc) is 2.09. The van der Waals surface area contributed by atoms with Crippen LogP contribution in [0.2, 0.25) is 0 Å². The van der Waals surface area contributed by atoms with Gasteiger partial charge in [0.15, 0.2) is 0 Å². The van der Waals surface area contributed by atoms with Gasteiger partial charge in [0.2, 0.25) is 0 Å². The molecule has 12 heavy (non-hydrogen) atoms. The maximum absolute atomic E-state index is 3.70. The van der Waals surface area contributed by atoms with E-state index in [0.29, 0.717) is 0 Å². The first-order valence-corrected chi connectivity index (χ1v) is 4.97. The van der Waals surface area contributed by atoms with E-state index < -0.39 is 0 Å². The second-order valence-corrected chi connectivity index (χ2v) is 3.72. The predicted octanol–water partition coefficient (Wildman–Crippen LogP) is 3.96. The van der Waals surface area contributed by atoms with Crippen LogP contribution in [0.1, 0.15) is 18.4 Å². The average molecular weight is 225 g/mol. The predicted molar refractivity (Wildman–Crippen MR) is 57.3 cm³/mol. The lowest BCUT2D eigenvalue weighted by Gasteiger charge is -1.98. The molecule has 1 aromatic rings. The molecule has 0 unspecified atom stereocenters. The van der Waals surface area contributed by atoms with Gasteiger partial charge in [-0.15, -0.1) is 6.58 Å². The number of unbranched alkanes of at least 4 members (excludes halogenated alkanes) is 1. The quantitative estimate of drug-likeness (QED) is 0.537. The van der Waals surface area contributed by atoms with Crippen molar-refractivity contribution in [3.8, 4) is 0 Å². The van der Waals surface area contributed by atoms with Crippen LogP contribution in [0.3, 0.4) is 0 Å². The van der Waals surface area contributed by atoms with Gasteiger partial charge in [-0.25, -0.2) is 0 Å². The smallest absolute Gasteiger partial charge is 0.0175 e. The van der Waals surface area contributed by atoms with Crippen LogP contribution in [0.15, 0.2) is 41.4 Å². The van der Waals surface area contributed by atoms with Crippen molar-refractivity contribution in [2.45, 2.75) is 19.3 Å². The van der Waals surface area contributed by atoms with E-state index in [1.54, 1.807) is 0 Å². The summed E-state index contributed by atoms with van der Waals surface area (Å²) in [6.45, 7) is 3.70. The minimum Gasteiger partial charge on any atom is -0.103 e. The lowest BCUT2D eigenvalue weighted by molar-refractivity contribution is 0.844. The molecule has 1 aromatic carbocycles. The Kier molecular flexibility index (Phi) is 4.09. The highest BCUT2D eigenvalue weighted by Gasteiger charge is 1.91. The van der Waals surface area contributed by atoms with E-state index in [1.165, 1.54) is 12.0 Å². The van der Waals surface area contributed by atoms with Crippen molar-refractivity contribution < 1.29 is 0 Å². The van der Waals surface area contributed by atoms with Crippen molar-refractivity contribution in [3.63, 3.8) is 0 Å². The van der Waals surface area contributed by atoms with Crippen molar-refractivity contribution in [2.75, 3.05) is 0 Å². The Bertz CT molecular complexity index is 236. The molecule has 0 spiro atoms. The molecule has 0 aromatic heterocycles. The zero-order chi connectivity index (χ0) is 8.81. The Labute approximate surface area is 82.4 Å². The molecular formula is C11H13Br. The molecule has 0 aliphatic carbocycles. The van der Waals surface area contributed by atoms with E-state index in [-0.39, 0.29) is 0 Å². The molecule has 0 fully saturated rings. The molecule has 0 amide bonds. The third kappa shape index (κ3) is 3.22. The van der Waals surface area contributed by atoms with Crippen LogP contribution in [-0.4, -0.2) is 0 Å². The van der Waals surface area contributed by atoms with Crippen LogP contribution in [-0.2, 0) is 6.42 Å². The second kappa shape index (κ2) is 5.15. The topological polar surface area (TPSA) is 0 Å². The zero-order valence-corrected chi connectivity index (χ0v) is 8.68. The van der Waals surface area contributed by atoms with Crippen LogP contribution in [0.25, 0.3) is 0 Å². The van der Waals surface area contributed by atoms with Gasteiger partial charge in [0.25, 0.3) is 0 Å². The van der Waals surface area contributed by atoms with Crippen LogP contribution >= 0.6 is 15.9 Å². The van der Waals surface area contributed by atoms with Gasteiger partial charge in [-0.05, 0) is 37.0 Å². The molecule has 0 bridgehead atoms. The molecule has 64 valence electrons. The van der Waals surface area contributed by atoms with E-state index in [9.17, 15) is 0 Å². The third-order valence-electron chi connectivity index (χ3n) is 1.79. The molecule has 1 rings (SSSR count). The standard InChI is InChI=1S/C11H13Br/c1-2-3-4-5-10-6-8-11(12)9-7-10/h2,6-9H,1,3-5H2. The molecule has 0 aliphatic rings. The summed E-state index contributed by atoms with van der Waals surface area (Å²) in [5.74, 6) is 0. The maximum atomic E-state index is 3.70. The molecule has 0 nitrogen and oxygen atoms in total. The lowest BCUT2D eigenvalue weighted by Crippen LogP contribution is -1.83. The highest BCUT2D eigenvalue weighted by Crippen LogP contribution is 2.12. The molecule has 0 radical (unpaired) electrons. The molecular weight excluding hydrogens is 212 g/mol. The summed E-state index contributed by atoms with van der Waals surface area (Å²) >= 11 is 3.41. The first kappa shape index (κ1) is 9.53. The van der Waals surface area contributed by atoms with Gasteiger partial charge in [-0.2, -0.15) is 0 Å². The Morgan fingerprint density at radius 1 is 1.25 bits per heavy atom. The van der Waals surface area contributed by atoms with Gasteiger partial charge in [0.05, 0.1) is 0 Å². The number of rotatable bonds is 4. The van der Waals surface area contributed by atoms with E-state index in [1.807, 2.05) is 6.08 Å². The molecule has 0 aliphatic heterocycles. The van der Waals surface area contributed by atoms with Crippen molar-refractivity contribution in [1.82, 2.24) is 0 Å². The fourth-order valence-electron chi connectivity index (χ4n) is 1.10. The minimum absolute atomic E-state index is 1.11. The summed E-state index contributed by atoms with van der Waals surface area (Å²) < 4.78 is 1.15. The molecule has 0 N–H and O–H groups in total. The highest BCUT2D eigenvalue weighted by molar-refractivity contribution is 9.10. The Morgan fingerprint density at radius 3 is 2.50 bits per heavy atom. The van der Waals surface area contributed by atoms with Gasteiger partial charge in [0.1, 0.15) is 0 Å².